The monoisotopic (exact) mass is 381 g/mol. The van der Waals surface area contributed by atoms with Gasteiger partial charge in [-0.15, -0.1) is 0 Å². The maximum Gasteiger partial charge on any atom is 0.230 e. The number of piperazine rings is 1. The second-order valence-electron chi connectivity index (χ2n) is 6.52. The molecule has 0 spiro atoms. The lowest BCUT2D eigenvalue weighted by Crippen LogP contribution is -2.47. The van der Waals surface area contributed by atoms with Crippen molar-refractivity contribution in [3.63, 3.8) is 0 Å². The molecule has 4 aromatic rings. The Hall–Kier alpha value is -2.84. The van der Waals surface area contributed by atoms with Crippen LogP contribution in [-0.4, -0.2) is 50.8 Å². The van der Waals surface area contributed by atoms with Crippen molar-refractivity contribution in [2.75, 3.05) is 31.1 Å². The summed E-state index contributed by atoms with van der Waals surface area (Å²) in [5.41, 5.74) is 1.24. The second kappa shape index (κ2) is 6.71. The first-order valence-corrected chi connectivity index (χ1v) is 9.72. The van der Waals surface area contributed by atoms with E-state index in [1.165, 1.54) is 27.9 Å². The lowest BCUT2D eigenvalue weighted by Gasteiger charge is -2.39. The number of aromatic nitrogens is 3. The van der Waals surface area contributed by atoms with E-state index < -0.39 is 0 Å². The van der Waals surface area contributed by atoms with Crippen LogP contribution in [0.1, 0.15) is 16.7 Å². The van der Waals surface area contributed by atoms with Crippen LogP contribution in [-0.2, 0) is 0 Å². The minimum absolute atomic E-state index is 0.138. The lowest BCUT2D eigenvalue weighted by molar-refractivity contribution is 0.191. The molecule has 138 valence electrons. The molecule has 1 saturated heterocycles. The average Bonchev–Trinajstić information content (AvgIpc) is 3.45. The van der Waals surface area contributed by atoms with E-state index in [9.17, 15) is 5.11 Å². The molecular formula is C19H19N5O2S. The molecule has 1 N–H and O–H groups in total. The van der Waals surface area contributed by atoms with Crippen molar-refractivity contribution in [3.8, 4) is 5.88 Å². The number of fused-ring (bicyclic) bond motifs is 1. The number of nitrogens with zero attached hydrogens (tertiary/aromatic N) is 5. The maximum absolute atomic E-state index is 10.7. The number of thiazole rings is 1. The van der Waals surface area contributed by atoms with Gasteiger partial charge in [-0.1, -0.05) is 29.5 Å². The Morgan fingerprint density at radius 1 is 1.04 bits per heavy atom. The Balaban J connectivity index is 1.44. The van der Waals surface area contributed by atoms with E-state index >= 15 is 0 Å². The topological polar surface area (TPSA) is 70.0 Å². The van der Waals surface area contributed by atoms with Crippen LogP contribution < -0.4 is 4.90 Å². The van der Waals surface area contributed by atoms with Gasteiger partial charge in [0.25, 0.3) is 0 Å². The van der Waals surface area contributed by atoms with Gasteiger partial charge in [0.1, 0.15) is 18.1 Å². The highest BCUT2D eigenvalue weighted by atomic mass is 32.1. The number of benzene rings is 1. The molecule has 1 aliphatic heterocycles. The summed E-state index contributed by atoms with van der Waals surface area (Å²) < 4.78 is 7.21. The number of hydrogen-bond donors (Lipinski definition) is 1. The number of furan rings is 1. The standard InChI is InChI=1S/C19H19N5O2S/c25-18-17(27-19-20-13-21-24(18)19)16(15-7-4-12-26-15)23-10-8-22(9-11-23)14-5-2-1-3-6-14/h1-7,12-13,16,25H,8-11H2. The summed E-state index contributed by atoms with van der Waals surface area (Å²) in [6, 6.07) is 14.2. The summed E-state index contributed by atoms with van der Waals surface area (Å²) in [7, 11) is 0. The minimum atomic E-state index is -0.147. The van der Waals surface area contributed by atoms with E-state index in [1.807, 2.05) is 18.2 Å². The van der Waals surface area contributed by atoms with Crippen molar-refractivity contribution in [2.24, 2.45) is 0 Å². The van der Waals surface area contributed by atoms with E-state index in [-0.39, 0.29) is 11.9 Å². The Kier molecular flexibility index (Phi) is 4.06. The minimum Gasteiger partial charge on any atom is -0.492 e. The van der Waals surface area contributed by atoms with Gasteiger partial charge in [-0.3, -0.25) is 4.90 Å². The highest BCUT2D eigenvalue weighted by molar-refractivity contribution is 7.17. The van der Waals surface area contributed by atoms with Crippen LogP contribution in [0.3, 0.4) is 0 Å². The van der Waals surface area contributed by atoms with Crippen molar-refractivity contribution in [1.82, 2.24) is 19.5 Å². The van der Waals surface area contributed by atoms with E-state index in [2.05, 4.69) is 44.1 Å². The van der Waals surface area contributed by atoms with Gasteiger partial charge >= 0.3 is 0 Å². The summed E-state index contributed by atoms with van der Waals surface area (Å²) in [6.45, 7) is 3.58. The molecule has 0 radical (unpaired) electrons. The molecular weight excluding hydrogens is 362 g/mol. The zero-order chi connectivity index (χ0) is 18.2. The van der Waals surface area contributed by atoms with E-state index in [0.717, 1.165) is 36.8 Å². The predicted octanol–water partition coefficient (Wildman–Crippen LogP) is 3.00. The number of rotatable bonds is 4. The van der Waals surface area contributed by atoms with E-state index in [0.29, 0.717) is 4.96 Å². The van der Waals surface area contributed by atoms with Crippen molar-refractivity contribution in [1.29, 1.82) is 0 Å². The molecule has 27 heavy (non-hydrogen) atoms. The molecule has 0 bridgehead atoms. The first-order valence-electron chi connectivity index (χ1n) is 8.90. The van der Waals surface area contributed by atoms with Crippen molar-refractivity contribution < 1.29 is 9.52 Å². The Labute approximate surface area is 160 Å². The van der Waals surface area contributed by atoms with Gasteiger partial charge in [0.15, 0.2) is 0 Å². The third-order valence-electron chi connectivity index (χ3n) is 5.00. The molecule has 5 rings (SSSR count). The maximum atomic E-state index is 10.7. The molecule has 8 heteroatoms. The van der Waals surface area contributed by atoms with Gasteiger partial charge in [0, 0.05) is 31.9 Å². The summed E-state index contributed by atoms with van der Waals surface area (Å²) >= 11 is 1.45. The third-order valence-corrected chi connectivity index (χ3v) is 6.09. The Morgan fingerprint density at radius 3 is 2.56 bits per heavy atom. The van der Waals surface area contributed by atoms with Gasteiger partial charge in [0.2, 0.25) is 10.8 Å². The molecule has 0 aliphatic carbocycles. The molecule has 3 aromatic heterocycles. The number of para-hydroxylation sites is 1. The molecule has 1 fully saturated rings. The molecule has 7 nitrogen and oxygen atoms in total. The fourth-order valence-corrected chi connectivity index (χ4v) is 4.74. The molecule has 1 unspecified atom stereocenters. The van der Waals surface area contributed by atoms with Crippen LogP contribution in [0.2, 0.25) is 0 Å². The SMILES string of the molecule is Oc1c(C(c2ccco2)N2CCN(c3ccccc3)CC2)sc2ncnn12. The average molecular weight is 381 g/mol. The molecule has 0 amide bonds. The number of aromatic hydroxyl groups is 1. The van der Waals surface area contributed by atoms with Gasteiger partial charge in [-0.25, -0.2) is 4.98 Å². The van der Waals surface area contributed by atoms with E-state index in [4.69, 9.17) is 4.42 Å². The number of hydrogen-bond acceptors (Lipinski definition) is 7. The smallest absolute Gasteiger partial charge is 0.230 e. The largest absolute Gasteiger partial charge is 0.492 e. The fraction of sp³-hybridized carbons (Fsp3) is 0.263. The highest BCUT2D eigenvalue weighted by Crippen LogP contribution is 2.40. The first-order chi connectivity index (χ1) is 13.3. The fourth-order valence-electron chi connectivity index (χ4n) is 3.67. The van der Waals surface area contributed by atoms with Crippen LogP contribution in [0.15, 0.2) is 59.5 Å². The second-order valence-corrected chi connectivity index (χ2v) is 7.53. The van der Waals surface area contributed by atoms with Gasteiger partial charge < -0.3 is 14.4 Å². The molecule has 1 aliphatic rings. The van der Waals surface area contributed by atoms with Crippen molar-refractivity contribution >= 4 is 22.0 Å². The molecule has 1 atom stereocenters. The van der Waals surface area contributed by atoms with Gasteiger partial charge in [-0.2, -0.15) is 9.61 Å². The zero-order valence-corrected chi connectivity index (χ0v) is 15.4. The van der Waals surface area contributed by atoms with Crippen molar-refractivity contribution in [2.45, 2.75) is 6.04 Å². The van der Waals surface area contributed by atoms with Crippen LogP contribution in [0.25, 0.3) is 4.96 Å². The summed E-state index contributed by atoms with van der Waals surface area (Å²) in [5.74, 6) is 0.961. The number of anilines is 1. The van der Waals surface area contributed by atoms with Crippen LogP contribution in [0.4, 0.5) is 5.69 Å². The van der Waals surface area contributed by atoms with Crippen LogP contribution in [0, 0.1) is 0 Å². The summed E-state index contributed by atoms with van der Waals surface area (Å²) in [6.07, 6.45) is 3.13. The first kappa shape index (κ1) is 16.3. The zero-order valence-electron chi connectivity index (χ0n) is 14.6. The highest BCUT2D eigenvalue weighted by Gasteiger charge is 2.33. The van der Waals surface area contributed by atoms with Crippen LogP contribution in [0.5, 0.6) is 5.88 Å². The summed E-state index contributed by atoms with van der Waals surface area (Å²) in [5, 5.41) is 14.8. The molecule has 1 aromatic carbocycles. The van der Waals surface area contributed by atoms with Crippen molar-refractivity contribution in [3.05, 3.63) is 65.7 Å². The quantitative estimate of drug-likeness (QED) is 0.586. The van der Waals surface area contributed by atoms with E-state index in [1.54, 1.807) is 6.26 Å². The Bertz CT molecular complexity index is 1020. The van der Waals surface area contributed by atoms with Crippen LogP contribution >= 0.6 is 11.3 Å². The van der Waals surface area contributed by atoms with Gasteiger partial charge in [0.05, 0.1) is 11.1 Å². The predicted molar refractivity (Wildman–Crippen MR) is 103 cm³/mol. The Morgan fingerprint density at radius 2 is 1.85 bits per heavy atom. The summed E-state index contributed by atoms with van der Waals surface area (Å²) in [4.78, 5) is 10.4. The normalized spacial score (nSPS) is 16.8. The van der Waals surface area contributed by atoms with Gasteiger partial charge in [-0.05, 0) is 24.3 Å². The lowest BCUT2D eigenvalue weighted by atomic mass is 10.1. The molecule has 0 saturated carbocycles. The molecule has 4 heterocycles. The third kappa shape index (κ3) is 2.87.